The SMILES string of the molecule is O=C(CP(=O)(O)O)C1(CCCCF)CCC1. The Bertz CT molecular complexity index is 295. The zero-order valence-electron chi connectivity index (χ0n) is 9.19. The molecule has 1 rings (SSSR count). The highest BCUT2D eigenvalue weighted by Gasteiger charge is 2.44. The first kappa shape index (κ1) is 13.8. The predicted octanol–water partition coefficient (Wildman–Crippen LogP) is 2.04. The minimum absolute atomic E-state index is 0.342. The second-order valence-corrected chi connectivity index (χ2v) is 6.17. The molecule has 0 unspecified atom stereocenters. The second kappa shape index (κ2) is 5.39. The largest absolute Gasteiger partial charge is 0.332 e. The van der Waals surface area contributed by atoms with Crippen molar-refractivity contribution < 1.29 is 23.5 Å². The van der Waals surface area contributed by atoms with Gasteiger partial charge in [-0.1, -0.05) is 6.42 Å². The van der Waals surface area contributed by atoms with Gasteiger partial charge in [-0.15, -0.1) is 0 Å². The summed E-state index contributed by atoms with van der Waals surface area (Å²) >= 11 is 0. The van der Waals surface area contributed by atoms with E-state index in [1.807, 2.05) is 0 Å². The molecule has 94 valence electrons. The number of Topliss-reactive ketones (excluding diaryl/α,β-unsaturated/α-hetero) is 1. The van der Waals surface area contributed by atoms with Crippen molar-refractivity contribution >= 4 is 13.4 Å². The average molecular weight is 252 g/mol. The van der Waals surface area contributed by atoms with Gasteiger partial charge in [-0.05, 0) is 32.1 Å². The molecular weight excluding hydrogens is 234 g/mol. The van der Waals surface area contributed by atoms with E-state index in [2.05, 4.69) is 0 Å². The van der Waals surface area contributed by atoms with Gasteiger partial charge in [-0.3, -0.25) is 13.8 Å². The average Bonchev–Trinajstić information content (AvgIpc) is 2.06. The Morgan fingerprint density at radius 3 is 2.31 bits per heavy atom. The van der Waals surface area contributed by atoms with E-state index in [4.69, 9.17) is 9.79 Å². The summed E-state index contributed by atoms with van der Waals surface area (Å²) in [5, 5.41) is 0. The van der Waals surface area contributed by atoms with Crippen LogP contribution in [0.4, 0.5) is 4.39 Å². The highest BCUT2D eigenvalue weighted by atomic mass is 31.2. The van der Waals surface area contributed by atoms with Gasteiger partial charge in [0, 0.05) is 5.41 Å². The number of unbranched alkanes of at least 4 members (excludes halogenated alkanes) is 1. The van der Waals surface area contributed by atoms with Crippen LogP contribution in [0.2, 0.25) is 0 Å². The summed E-state index contributed by atoms with van der Waals surface area (Å²) in [6.07, 6.45) is 3.24. The monoisotopic (exact) mass is 252 g/mol. The molecule has 0 amide bonds. The van der Waals surface area contributed by atoms with Gasteiger partial charge >= 0.3 is 7.60 Å². The van der Waals surface area contributed by atoms with Crippen LogP contribution in [0.25, 0.3) is 0 Å². The molecule has 0 heterocycles. The van der Waals surface area contributed by atoms with Crippen molar-refractivity contribution in [2.75, 3.05) is 12.8 Å². The molecule has 0 bridgehead atoms. The van der Waals surface area contributed by atoms with Crippen LogP contribution in [-0.4, -0.2) is 28.4 Å². The highest BCUT2D eigenvalue weighted by molar-refractivity contribution is 7.52. The maximum absolute atomic E-state index is 12.0. The lowest BCUT2D eigenvalue weighted by atomic mass is 9.63. The van der Waals surface area contributed by atoms with Crippen molar-refractivity contribution in [1.82, 2.24) is 0 Å². The molecule has 4 nitrogen and oxygen atoms in total. The van der Waals surface area contributed by atoms with E-state index in [9.17, 15) is 13.8 Å². The van der Waals surface area contributed by atoms with Crippen LogP contribution >= 0.6 is 7.60 Å². The number of carbonyl (C=O) groups is 1. The number of hydrogen-bond donors (Lipinski definition) is 2. The molecule has 0 aromatic rings. The minimum atomic E-state index is -4.26. The van der Waals surface area contributed by atoms with Crippen LogP contribution in [0.3, 0.4) is 0 Å². The number of ketones is 1. The number of carbonyl (C=O) groups excluding carboxylic acids is 1. The number of rotatable bonds is 7. The van der Waals surface area contributed by atoms with E-state index >= 15 is 0 Å². The molecule has 1 aliphatic carbocycles. The standard InChI is InChI=1S/C10H18FO4P/c11-7-2-1-4-10(5-3-6-10)9(12)8-16(13,14)15/h1-8H2,(H2,13,14,15). The van der Waals surface area contributed by atoms with Gasteiger partial charge in [0.05, 0.1) is 6.67 Å². The first-order chi connectivity index (χ1) is 7.40. The van der Waals surface area contributed by atoms with E-state index < -0.39 is 25.8 Å². The summed E-state index contributed by atoms with van der Waals surface area (Å²) < 4.78 is 22.7. The fourth-order valence-corrected chi connectivity index (χ4v) is 2.89. The van der Waals surface area contributed by atoms with Gasteiger partial charge in [0.1, 0.15) is 6.16 Å². The number of hydrogen-bond acceptors (Lipinski definition) is 2. The maximum Gasteiger partial charge on any atom is 0.332 e. The van der Waals surface area contributed by atoms with Crippen molar-refractivity contribution in [2.24, 2.45) is 5.41 Å². The van der Waals surface area contributed by atoms with Gasteiger partial charge in [0.25, 0.3) is 0 Å². The fraction of sp³-hybridized carbons (Fsp3) is 0.900. The molecule has 16 heavy (non-hydrogen) atoms. The molecule has 0 aromatic heterocycles. The third-order valence-electron chi connectivity index (χ3n) is 3.29. The Morgan fingerprint density at radius 2 is 1.94 bits per heavy atom. The third kappa shape index (κ3) is 3.65. The van der Waals surface area contributed by atoms with Crippen LogP contribution in [0.15, 0.2) is 0 Å². The Balaban J connectivity index is 2.52. The third-order valence-corrected chi connectivity index (χ3v) is 3.99. The molecular formula is C10H18FO4P. The van der Waals surface area contributed by atoms with Gasteiger partial charge in [-0.25, -0.2) is 0 Å². The molecule has 1 aliphatic rings. The smallest absolute Gasteiger partial charge is 0.324 e. The molecule has 0 aromatic carbocycles. The first-order valence-electron chi connectivity index (χ1n) is 5.53. The Hall–Kier alpha value is -0.250. The Morgan fingerprint density at radius 1 is 1.31 bits per heavy atom. The normalized spacial score (nSPS) is 19.2. The lowest BCUT2D eigenvalue weighted by molar-refractivity contribution is -0.131. The minimum Gasteiger partial charge on any atom is -0.324 e. The molecule has 0 spiro atoms. The second-order valence-electron chi connectivity index (χ2n) is 4.53. The summed E-state index contributed by atoms with van der Waals surface area (Å²) in [6, 6.07) is 0. The molecule has 0 atom stereocenters. The first-order valence-corrected chi connectivity index (χ1v) is 7.33. The Labute approximate surface area is 94.4 Å². The van der Waals surface area contributed by atoms with Crippen LogP contribution < -0.4 is 0 Å². The predicted molar refractivity (Wildman–Crippen MR) is 58.0 cm³/mol. The van der Waals surface area contributed by atoms with E-state index in [1.165, 1.54) is 0 Å². The molecule has 1 fully saturated rings. The van der Waals surface area contributed by atoms with E-state index in [-0.39, 0.29) is 5.78 Å². The van der Waals surface area contributed by atoms with Crippen molar-refractivity contribution in [2.45, 2.75) is 38.5 Å². The summed E-state index contributed by atoms with van der Waals surface area (Å²) in [5.41, 5.74) is -0.559. The van der Waals surface area contributed by atoms with Crippen LogP contribution in [0.5, 0.6) is 0 Å². The van der Waals surface area contributed by atoms with E-state index in [1.54, 1.807) is 0 Å². The van der Waals surface area contributed by atoms with Crippen molar-refractivity contribution in [1.29, 1.82) is 0 Å². The molecule has 0 radical (unpaired) electrons. The fourth-order valence-electron chi connectivity index (χ4n) is 2.18. The molecule has 6 heteroatoms. The summed E-state index contributed by atoms with van der Waals surface area (Å²) in [6.45, 7) is -0.400. The molecule has 0 saturated heterocycles. The Kier molecular flexibility index (Phi) is 4.65. The molecule has 0 aliphatic heterocycles. The lowest BCUT2D eigenvalue weighted by Crippen LogP contribution is -2.39. The van der Waals surface area contributed by atoms with Gasteiger partial charge in [0.2, 0.25) is 0 Å². The van der Waals surface area contributed by atoms with Crippen LogP contribution in [0, 0.1) is 5.41 Å². The quantitative estimate of drug-likeness (QED) is 0.537. The molecule has 2 N–H and O–H groups in total. The van der Waals surface area contributed by atoms with E-state index in [0.717, 1.165) is 6.42 Å². The lowest BCUT2D eigenvalue weighted by Gasteiger charge is -2.40. The van der Waals surface area contributed by atoms with E-state index in [0.29, 0.717) is 32.1 Å². The van der Waals surface area contributed by atoms with Gasteiger partial charge < -0.3 is 9.79 Å². The number of halogens is 1. The molecule has 1 saturated carbocycles. The number of alkyl halides is 1. The van der Waals surface area contributed by atoms with Crippen LogP contribution in [-0.2, 0) is 9.36 Å². The van der Waals surface area contributed by atoms with Crippen LogP contribution in [0.1, 0.15) is 38.5 Å². The van der Waals surface area contributed by atoms with Crippen molar-refractivity contribution in [3.8, 4) is 0 Å². The van der Waals surface area contributed by atoms with Crippen molar-refractivity contribution in [3.63, 3.8) is 0 Å². The van der Waals surface area contributed by atoms with Gasteiger partial charge in [0.15, 0.2) is 5.78 Å². The maximum atomic E-state index is 12.0. The van der Waals surface area contributed by atoms with Gasteiger partial charge in [-0.2, -0.15) is 0 Å². The topological polar surface area (TPSA) is 74.6 Å². The summed E-state index contributed by atoms with van der Waals surface area (Å²) in [5.74, 6) is -0.342. The zero-order chi connectivity index (χ0) is 12.2. The summed E-state index contributed by atoms with van der Waals surface area (Å²) in [7, 11) is -4.26. The highest BCUT2D eigenvalue weighted by Crippen LogP contribution is 2.49. The van der Waals surface area contributed by atoms with Crippen molar-refractivity contribution in [3.05, 3.63) is 0 Å². The zero-order valence-corrected chi connectivity index (χ0v) is 10.1. The summed E-state index contributed by atoms with van der Waals surface area (Å²) in [4.78, 5) is 29.3.